The lowest BCUT2D eigenvalue weighted by Gasteiger charge is -2.27. The van der Waals surface area contributed by atoms with Gasteiger partial charge in [0.15, 0.2) is 0 Å². The lowest BCUT2D eigenvalue weighted by Crippen LogP contribution is -2.35. The number of fused-ring (bicyclic) bond motifs is 1. The number of rotatable bonds is 3. The SMILES string of the molecule is O=S(=O)(C=C[C@H]1CCCO1)N1CCc2cc(C(F)(F)F)ccc2C1. The Labute approximate surface area is 139 Å². The molecule has 2 aliphatic heterocycles. The molecule has 1 fully saturated rings. The average Bonchev–Trinajstić information content (AvgIpc) is 3.04. The minimum atomic E-state index is -4.39. The molecule has 1 aromatic rings. The molecule has 0 aliphatic carbocycles. The van der Waals surface area contributed by atoms with Gasteiger partial charge < -0.3 is 4.74 Å². The second-order valence-electron chi connectivity index (χ2n) is 5.99. The molecule has 1 atom stereocenters. The van der Waals surface area contributed by atoms with Crippen LogP contribution in [0.15, 0.2) is 29.7 Å². The Balaban J connectivity index is 1.74. The maximum Gasteiger partial charge on any atom is 0.416 e. The van der Waals surface area contributed by atoms with E-state index in [1.165, 1.54) is 10.4 Å². The molecule has 0 spiro atoms. The number of benzene rings is 1. The number of alkyl halides is 3. The van der Waals surface area contributed by atoms with Crippen molar-refractivity contribution < 1.29 is 26.3 Å². The summed E-state index contributed by atoms with van der Waals surface area (Å²) in [6.45, 7) is 0.895. The molecule has 2 aliphatic rings. The molecule has 0 amide bonds. The summed E-state index contributed by atoms with van der Waals surface area (Å²) in [5.74, 6) is 0. The Morgan fingerprint density at radius 1 is 1.25 bits per heavy atom. The standard InChI is InChI=1S/C16H18F3NO3S/c17-16(18,19)14-4-3-13-11-20(7-5-12(13)10-14)24(21,22)9-6-15-2-1-8-23-15/h3-4,6,9-10,15H,1-2,5,7-8,11H2/t15-/m1/s1. The van der Waals surface area contributed by atoms with Gasteiger partial charge in [-0.3, -0.25) is 0 Å². The normalized spacial score (nSPS) is 22.9. The highest BCUT2D eigenvalue weighted by molar-refractivity contribution is 7.92. The van der Waals surface area contributed by atoms with Gasteiger partial charge in [0.2, 0.25) is 10.0 Å². The van der Waals surface area contributed by atoms with E-state index >= 15 is 0 Å². The second kappa shape index (κ2) is 6.50. The van der Waals surface area contributed by atoms with Crippen molar-refractivity contribution in [1.82, 2.24) is 4.31 Å². The summed E-state index contributed by atoms with van der Waals surface area (Å²) in [6.07, 6.45) is -1.03. The Bertz CT molecular complexity index is 737. The molecular weight excluding hydrogens is 343 g/mol. The van der Waals surface area contributed by atoms with Crippen molar-refractivity contribution >= 4 is 10.0 Å². The molecule has 132 valence electrons. The molecule has 8 heteroatoms. The van der Waals surface area contributed by atoms with E-state index in [4.69, 9.17) is 4.74 Å². The molecule has 0 aromatic heterocycles. The van der Waals surface area contributed by atoms with Crippen LogP contribution >= 0.6 is 0 Å². The smallest absolute Gasteiger partial charge is 0.374 e. The van der Waals surface area contributed by atoms with Gasteiger partial charge in [-0.15, -0.1) is 0 Å². The fourth-order valence-corrected chi connectivity index (χ4v) is 4.16. The molecule has 0 bridgehead atoms. The van der Waals surface area contributed by atoms with Crippen LogP contribution in [0.25, 0.3) is 0 Å². The van der Waals surface area contributed by atoms with Crippen LogP contribution in [0.1, 0.15) is 29.5 Å². The first-order chi connectivity index (χ1) is 11.3. The van der Waals surface area contributed by atoms with Crippen LogP contribution in [0.4, 0.5) is 13.2 Å². The minimum absolute atomic E-state index is 0.0890. The van der Waals surface area contributed by atoms with Gasteiger partial charge in [-0.25, -0.2) is 8.42 Å². The topological polar surface area (TPSA) is 46.6 Å². The molecule has 0 radical (unpaired) electrons. The van der Waals surface area contributed by atoms with Gasteiger partial charge in [-0.2, -0.15) is 17.5 Å². The Kier molecular flexibility index (Phi) is 4.72. The monoisotopic (exact) mass is 361 g/mol. The van der Waals surface area contributed by atoms with Crippen molar-refractivity contribution in [2.45, 2.75) is 38.1 Å². The highest BCUT2D eigenvalue weighted by Gasteiger charge is 2.32. The zero-order valence-electron chi connectivity index (χ0n) is 12.9. The first-order valence-electron chi connectivity index (χ1n) is 7.75. The molecule has 1 aromatic carbocycles. The van der Waals surface area contributed by atoms with Crippen LogP contribution in [0.3, 0.4) is 0 Å². The summed E-state index contributed by atoms with van der Waals surface area (Å²) < 4.78 is 69.6. The summed E-state index contributed by atoms with van der Waals surface area (Å²) in [7, 11) is -3.60. The fraction of sp³-hybridized carbons (Fsp3) is 0.500. The maximum atomic E-state index is 12.7. The molecule has 2 heterocycles. The second-order valence-corrected chi connectivity index (χ2v) is 7.81. The minimum Gasteiger partial charge on any atom is -0.374 e. The predicted octanol–water partition coefficient (Wildman–Crippen LogP) is 3.09. The van der Waals surface area contributed by atoms with Crippen molar-refractivity contribution in [3.8, 4) is 0 Å². The van der Waals surface area contributed by atoms with Crippen molar-refractivity contribution in [3.05, 3.63) is 46.4 Å². The first kappa shape index (κ1) is 17.4. The average molecular weight is 361 g/mol. The Morgan fingerprint density at radius 3 is 2.71 bits per heavy atom. The molecular formula is C16H18F3NO3S. The van der Waals surface area contributed by atoms with Crippen molar-refractivity contribution in [2.75, 3.05) is 13.2 Å². The third-order valence-corrected chi connectivity index (χ3v) is 5.83. The van der Waals surface area contributed by atoms with E-state index in [1.54, 1.807) is 6.08 Å². The van der Waals surface area contributed by atoms with Crippen LogP contribution in [-0.2, 0) is 33.9 Å². The van der Waals surface area contributed by atoms with Gasteiger partial charge in [0.1, 0.15) is 0 Å². The van der Waals surface area contributed by atoms with Crippen LogP contribution in [0, 0.1) is 0 Å². The van der Waals surface area contributed by atoms with Gasteiger partial charge >= 0.3 is 6.18 Å². The zero-order chi connectivity index (χ0) is 17.4. The highest BCUT2D eigenvalue weighted by atomic mass is 32.2. The van der Waals surface area contributed by atoms with Crippen LogP contribution < -0.4 is 0 Å². The van der Waals surface area contributed by atoms with Gasteiger partial charge in [0, 0.05) is 25.1 Å². The fourth-order valence-electron chi connectivity index (χ4n) is 2.95. The van der Waals surface area contributed by atoms with Gasteiger partial charge in [0.25, 0.3) is 0 Å². The van der Waals surface area contributed by atoms with Crippen LogP contribution in [0.5, 0.6) is 0 Å². The Hall–Kier alpha value is -1.38. The lowest BCUT2D eigenvalue weighted by atomic mass is 9.98. The molecule has 24 heavy (non-hydrogen) atoms. The van der Waals surface area contributed by atoms with Gasteiger partial charge in [0.05, 0.1) is 11.7 Å². The van der Waals surface area contributed by atoms with E-state index in [9.17, 15) is 21.6 Å². The number of hydrogen-bond acceptors (Lipinski definition) is 3. The van der Waals surface area contributed by atoms with E-state index in [1.807, 2.05) is 0 Å². The van der Waals surface area contributed by atoms with E-state index in [-0.39, 0.29) is 25.6 Å². The molecule has 0 N–H and O–H groups in total. The number of halogens is 3. The highest BCUT2D eigenvalue weighted by Crippen LogP contribution is 2.32. The van der Waals surface area contributed by atoms with Gasteiger partial charge in [-0.1, -0.05) is 6.07 Å². The molecule has 0 unspecified atom stereocenters. The summed E-state index contributed by atoms with van der Waals surface area (Å²) >= 11 is 0. The number of nitrogens with zero attached hydrogens (tertiary/aromatic N) is 1. The molecule has 0 saturated carbocycles. The van der Waals surface area contributed by atoms with E-state index in [0.717, 1.165) is 30.4 Å². The van der Waals surface area contributed by atoms with Crippen molar-refractivity contribution in [1.29, 1.82) is 0 Å². The predicted molar refractivity (Wildman–Crippen MR) is 82.6 cm³/mol. The number of hydrogen-bond donors (Lipinski definition) is 0. The third kappa shape index (κ3) is 3.81. The first-order valence-corrected chi connectivity index (χ1v) is 9.25. The largest absolute Gasteiger partial charge is 0.416 e. The number of ether oxygens (including phenoxy) is 1. The number of sulfonamides is 1. The van der Waals surface area contributed by atoms with Crippen molar-refractivity contribution in [3.63, 3.8) is 0 Å². The molecule has 1 saturated heterocycles. The van der Waals surface area contributed by atoms with Crippen LogP contribution in [0.2, 0.25) is 0 Å². The van der Waals surface area contributed by atoms with Crippen LogP contribution in [-0.4, -0.2) is 32.0 Å². The lowest BCUT2D eigenvalue weighted by molar-refractivity contribution is -0.137. The quantitative estimate of drug-likeness (QED) is 0.831. The van der Waals surface area contributed by atoms with E-state index in [2.05, 4.69) is 0 Å². The van der Waals surface area contributed by atoms with E-state index in [0.29, 0.717) is 17.7 Å². The van der Waals surface area contributed by atoms with Gasteiger partial charge in [-0.05, 0) is 48.6 Å². The summed E-state index contributed by atoms with van der Waals surface area (Å²) in [5, 5.41) is 1.15. The van der Waals surface area contributed by atoms with E-state index < -0.39 is 21.8 Å². The third-order valence-electron chi connectivity index (χ3n) is 4.30. The Morgan fingerprint density at radius 2 is 2.04 bits per heavy atom. The van der Waals surface area contributed by atoms with Crippen molar-refractivity contribution in [2.24, 2.45) is 0 Å². The summed E-state index contributed by atoms with van der Waals surface area (Å²) in [6, 6.07) is 3.47. The molecule has 4 nitrogen and oxygen atoms in total. The maximum absolute atomic E-state index is 12.7. The summed E-state index contributed by atoms with van der Waals surface area (Å²) in [4.78, 5) is 0. The molecule has 3 rings (SSSR count). The summed E-state index contributed by atoms with van der Waals surface area (Å²) in [5.41, 5.74) is 0.471. The zero-order valence-corrected chi connectivity index (χ0v) is 13.7.